The van der Waals surface area contributed by atoms with E-state index >= 15 is 0 Å². The van der Waals surface area contributed by atoms with Crippen molar-refractivity contribution in [3.05, 3.63) is 104 Å². The van der Waals surface area contributed by atoms with E-state index in [1.165, 1.54) is 0 Å². The molecule has 14 heteroatoms. The second-order valence-electron chi connectivity index (χ2n) is 14.9. The number of hydrogen-bond donors (Lipinski definition) is 4. The predicted octanol–water partition coefficient (Wildman–Crippen LogP) is 11.6. The van der Waals surface area contributed by atoms with E-state index in [1.807, 2.05) is 24.3 Å². The molecule has 0 atom stereocenters. The molecule has 2 aromatic carbocycles. The van der Waals surface area contributed by atoms with E-state index in [0.717, 1.165) is 46.5 Å². The van der Waals surface area contributed by atoms with Crippen LogP contribution in [-0.4, -0.2) is 32.1 Å². The first-order valence-corrected chi connectivity index (χ1v) is 18.7. The lowest BCUT2D eigenvalue weighted by atomic mass is 9.88. The van der Waals surface area contributed by atoms with Crippen LogP contribution >= 0.6 is 72.8 Å². The Morgan fingerprint density at radius 1 is 0.518 bits per heavy atom. The molecule has 0 spiro atoms. The molecule has 312 valence electrons. The molecule has 0 saturated heterocycles. The average molecular weight is 896 g/mol. The Morgan fingerprint density at radius 3 is 0.982 bits per heavy atom. The van der Waals surface area contributed by atoms with Crippen LogP contribution in [0, 0.1) is 23.7 Å². The quantitative estimate of drug-likeness (QED) is 0.0976. The van der Waals surface area contributed by atoms with E-state index in [-0.39, 0.29) is 73.8 Å². The fourth-order valence-electron chi connectivity index (χ4n) is 6.40. The highest BCUT2D eigenvalue weighted by Crippen LogP contribution is 2.36. The van der Waals surface area contributed by atoms with Crippen LogP contribution < -0.4 is 11.5 Å². The summed E-state index contributed by atoms with van der Waals surface area (Å²) >= 11 is 12.0. The fourth-order valence-corrected chi connectivity index (χ4v) is 6.65. The Balaban J connectivity index is 0. The Kier molecular flexibility index (Phi) is 25.4. The number of nitrogens with zero attached hydrogens (tertiary/aromatic N) is 2. The van der Waals surface area contributed by atoms with Gasteiger partial charge < -0.3 is 21.7 Å². The molecule has 8 nitrogen and oxygen atoms in total. The molecule has 2 aromatic heterocycles. The van der Waals surface area contributed by atoms with Gasteiger partial charge in [0.15, 0.2) is 0 Å². The molecule has 0 aliphatic carbocycles. The summed E-state index contributed by atoms with van der Waals surface area (Å²) in [5.74, 6) is -0.543. The zero-order valence-corrected chi connectivity index (χ0v) is 38.1. The largest absolute Gasteiger partial charge is 0.478 e. The third kappa shape index (κ3) is 14.9. The van der Waals surface area contributed by atoms with E-state index in [0.29, 0.717) is 69.1 Å². The number of rotatable bonds is 14. The van der Waals surface area contributed by atoms with Crippen LogP contribution in [0.1, 0.15) is 110 Å². The normalized spacial score (nSPS) is 10.6. The predicted molar refractivity (Wildman–Crippen MR) is 242 cm³/mol. The number of carbonyl (C=O) groups is 2. The molecule has 0 amide bonds. The molecule has 0 bridgehead atoms. The van der Waals surface area contributed by atoms with Crippen molar-refractivity contribution in [1.29, 1.82) is 0 Å². The number of carboxylic acid groups (broad SMARTS) is 2. The number of aromatic nitrogens is 2. The maximum atomic E-state index is 12.2. The Hall–Kier alpha value is -2.66. The first kappa shape index (κ1) is 55.4. The van der Waals surface area contributed by atoms with Crippen molar-refractivity contribution in [2.75, 3.05) is 0 Å². The van der Waals surface area contributed by atoms with Gasteiger partial charge in [-0.05, 0) is 95.9 Å². The van der Waals surface area contributed by atoms with Gasteiger partial charge in [-0.3, -0.25) is 9.97 Å². The number of carboxylic acids is 2. The topological polar surface area (TPSA) is 152 Å². The zero-order chi connectivity index (χ0) is 38.9. The molecule has 56 heavy (non-hydrogen) atoms. The third-order valence-corrected chi connectivity index (χ3v) is 8.93. The van der Waals surface area contributed by atoms with Crippen molar-refractivity contribution in [3.63, 3.8) is 0 Å². The molecule has 0 radical (unpaired) electrons. The number of hydrogen-bond acceptors (Lipinski definition) is 6. The second kappa shape index (κ2) is 25.6. The summed E-state index contributed by atoms with van der Waals surface area (Å²) in [5, 5.41) is 21.1. The smallest absolute Gasteiger partial charge is 0.338 e. The van der Waals surface area contributed by atoms with Gasteiger partial charge in [-0.2, -0.15) is 0 Å². The molecule has 0 saturated carbocycles. The molecule has 0 fully saturated rings. The lowest BCUT2D eigenvalue weighted by Crippen LogP contribution is -2.18. The Labute approximate surface area is 367 Å². The lowest BCUT2D eigenvalue weighted by molar-refractivity contribution is 0.0684. The fraction of sp³-hybridized carbons (Fsp3) is 0.429. The molecule has 6 N–H and O–H groups in total. The van der Waals surface area contributed by atoms with E-state index in [9.17, 15) is 19.8 Å². The standard InChI is InChI=1S/2C21H27ClN2O2.4ClH/c2*1-12(2)9-17-16(11-23)19(14-5-7-15(22)8-6-14)20(21(25)26)18(24-17)10-13(3)4;;;;/h2*5-8,12-13H,9-11,23H2,1-4H3,(H,25,26);4*1H. The zero-order valence-electron chi connectivity index (χ0n) is 33.3. The van der Waals surface area contributed by atoms with Crippen LogP contribution in [0.5, 0.6) is 0 Å². The van der Waals surface area contributed by atoms with Gasteiger partial charge in [-0.15, -0.1) is 49.6 Å². The van der Waals surface area contributed by atoms with Gasteiger partial charge in [0.1, 0.15) is 0 Å². The van der Waals surface area contributed by atoms with E-state index in [1.54, 1.807) is 24.3 Å². The number of benzene rings is 2. The van der Waals surface area contributed by atoms with E-state index in [4.69, 9.17) is 44.6 Å². The van der Waals surface area contributed by atoms with Gasteiger partial charge in [0, 0.05) is 45.6 Å². The third-order valence-electron chi connectivity index (χ3n) is 8.43. The van der Waals surface area contributed by atoms with Crippen molar-refractivity contribution >= 4 is 84.8 Å². The lowest BCUT2D eigenvalue weighted by Gasteiger charge is -2.21. The first-order chi connectivity index (χ1) is 24.5. The van der Waals surface area contributed by atoms with Crippen LogP contribution in [-0.2, 0) is 38.8 Å². The average Bonchev–Trinajstić information content (AvgIpc) is 3.04. The van der Waals surface area contributed by atoms with Crippen molar-refractivity contribution in [2.45, 2.75) is 94.2 Å². The number of halogens is 6. The summed E-state index contributed by atoms with van der Waals surface area (Å²) in [6.45, 7) is 17.2. The number of pyridine rings is 2. The van der Waals surface area contributed by atoms with Crippen LogP contribution in [0.25, 0.3) is 22.3 Å². The second-order valence-corrected chi connectivity index (χ2v) is 15.8. The van der Waals surface area contributed by atoms with Crippen LogP contribution in [0.2, 0.25) is 10.0 Å². The molecular weight excluding hydrogens is 837 g/mol. The molecule has 0 aliphatic heterocycles. The van der Waals surface area contributed by atoms with Gasteiger partial charge in [0.2, 0.25) is 0 Å². The maximum absolute atomic E-state index is 12.2. The summed E-state index contributed by atoms with van der Waals surface area (Å²) in [4.78, 5) is 33.8. The molecular formula is C42H58Cl6N4O4. The highest BCUT2D eigenvalue weighted by Gasteiger charge is 2.27. The van der Waals surface area contributed by atoms with Crippen molar-refractivity contribution in [2.24, 2.45) is 35.1 Å². The highest BCUT2D eigenvalue weighted by atomic mass is 35.5. The molecule has 0 unspecified atom stereocenters. The molecule has 2 heterocycles. The summed E-state index contributed by atoms with van der Waals surface area (Å²) in [5.41, 5.74) is 20.3. The SMILES string of the molecule is CC(C)Cc1nc(CC(C)C)c(C(=O)O)c(-c2ccc(Cl)cc2)c1CN.CC(C)Cc1nc(CC(C)C)c(C(=O)O)c(-c2ccc(Cl)cc2)c1CN.Cl.Cl.Cl.Cl. The van der Waals surface area contributed by atoms with Gasteiger partial charge >= 0.3 is 11.9 Å². The van der Waals surface area contributed by atoms with Gasteiger partial charge in [0.25, 0.3) is 0 Å². The molecule has 4 rings (SSSR count). The minimum absolute atomic E-state index is 0. The molecule has 4 aromatic rings. The number of nitrogens with two attached hydrogens (primary N) is 2. The Bertz CT molecular complexity index is 1720. The minimum atomic E-state index is -0.969. The number of aromatic carboxylic acids is 2. The Morgan fingerprint density at radius 2 is 0.768 bits per heavy atom. The summed E-state index contributed by atoms with van der Waals surface area (Å²) in [7, 11) is 0. The van der Waals surface area contributed by atoms with Crippen LogP contribution in [0.4, 0.5) is 0 Å². The van der Waals surface area contributed by atoms with Crippen molar-refractivity contribution in [3.8, 4) is 22.3 Å². The summed E-state index contributed by atoms with van der Waals surface area (Å²) in [6.07, 6.45) is 2.74. The van der Waals surface area contributed by atoms with Crippen LogP contribution in [0.3, 0.4) is 0 Å². The highest BCUT2D eigenvalue weighted by molar-refractivity contribution is 6.31. The first-order valence-electron chi connectivity index (χ1n) is 18.0. The van der Waals surface area contributed by atoms with Crippen molar-refractivity contribution in [1.82, 2.24) is 9.97 Å². The monoisotopic (exact) mass is 892 g/mol. The van der Waals surface area contributed by atoms with Crippen LogP contribution in [0.15, 0.2) is 48.5 Å². The van der Waals surface area contributed by atoms with Crippen molar-refractivity contribution < 1.29 is 19.8 Å². The van der Waals surface area contributed by atoms with E-state index in [2.05, 4.69) is 55.4 Å². The summed E-state index contributed by atoms with van der Waals surface area (Å²) in [6, 6.07) is 14.5. The maximum Gasteiger partial charge on any atom is 0.338 e. The summed E-state index contributed by atoms with van der Waals surface area (Å²) < 4.78 is 0. The van der Waals surface area contributed by atoms with Gasteiger partial charge in [-0.25, -0.2) is 9.59 Å². The molecule has 0 aliphatic rings. The minimum Gasteiger partial charge on any atom is -0.478 e. The van der Waals surface area contributed by atoms with Gasteiger partial charge in [-0.1, -0.05) is 103 Å². The van der Waals surface area contributed by atoms with E-state index < -0.39 is 11.9 Å². The van der Waals surface area contributed by atoms with Gasteiger partial charge in [0.05, 0.1) is 22.5 Å².